The van der Waals surface area contributed by atoms with Crippen molar-refractivity contribution in [3.05, 3.63) is 89.5 Å². The predicted octanol–water partition coefficient (Wildman–Crippen LogP) is 2.72. The van der Waals surface area contributed by atoms with E-state index in [4.69, 9.17) is 3.74 Å². The van der Waals surface area contributed by atoms with Crippen LogP contribution in [0.25, 0.3) is 0 Å². The fraction of sp³-hybridized carbons (Fsp3) is 0.143. The van der Waals surface area contributed by atoms with E-state index in [1.807, 2.05) is 69.3 Å². The van der Waals surface area contributed by atoms with Gasteiger partial charge in [0.25, 0.3) is 0 Å². The molecule has 0 bridgehead atoms. The number of halogens is 1. The summed E-state index contributed by atoms with van der Waals surface area (Å²) in [5.74, 6) is 0. The van der Waals surface area contributed by atoms with Crippen molar-refractivity contribution in [2.24, 2.45) is 0 Å². The summed E-state index contributed by atoms with van der Waals surface area (Å²) in [6.07, 6.45) is 0. The summed E-state index contributed by atoms with van der Waals surface area (Å²) in [4.78, 5) is 2.00. The van der Waals surface area contributed by atoms with Gasteiger partial charge in [-0.05, 0) is 67.8 Å². The van der Waals surface area contributed by atoms with Crippen LogP contribution in [0.5, 0.6) is 0 Å². The number of hydrogen-bond acceptors (Lipinski definition) is 4. The molecule has 0 amide bonds. The first-order valence-corrected chi connectivity index (χ1v) is 11.2. The van der Waals surface area contributed by atoms with E-state index in [0.717, 1.165) is 16.7 Å². The summed E-state index contributed by atoms with van der Waals surface area (Å²) in [6.45, 7) is 5.92. The highest BCUT2D eigenvalue weighted by Gasteiger charge is 2.47. The van der Waals surface area contributed by atoms with Gasteiger partial charge in [-0.15, -0.1) is 0 Å². The Hall–Kier alpha value is -1.86. The fourth-order valence-corrected chi connectivity index (χ4v) is 7.56. The van der Waals surface area contributed by atoms with Crippen LogP contribution >= 0.6 is 10.3 Å². The molecular formula is C21H21ClO4S. The molecule has 0 aliphatic heterocycles. The highest BCUT2D eigenvalue weighted by molar-refractivity contribution is 8.30. The predicted molar refractivity (Wildman–Crippen MR) is 97.0 cm³/mol. The fourth-order valence-electron chi connectivity index (χ4n) is 3.08. The first kappa shape index (κ1) is 19.9. The minimum absolute atomic E-state index is 0.648. The molecule has 0 heterocycles. The molecule has 142 valence electrons. The van der Waals surface area contributed by atoms with E-state index in [1.165, 1.54) is 0 Å². The molecule has 3 rings (SSSR count). The standard InChI is InChI=1S/C21H21ClO4S/c1-16-14-15-21(18(3)17(16)2)27(26-22(23,24)25,19-10-6-4-7-11-19)20-12-8-5-9-13-20/h4-15H,1-3H3. The molecule has 0 aromatic heterocycles. The third-order valence-corrected chi connectivity index (χ3v) is 8.95. The largest absolute Gasteiger partial charge is 0.182 e. The van der Waals surface area contributed by atoms with Crippen molar-refractivity contribution >= 4 is 10.3 Å². The smallest absolute Gasteiger partial charge is 0.134 e. The van der Waals surface area contributed by atoms with E-state index < -0.39 is 20.6 Å². The zero-order chi connectivity index (χ0) is 19.7. The lowest BCUT2D eigenvalue weighted by molar-refractivity contribution is -1.91. The Morgan fingerprint density at radius 2 is 1.15 bits per heavy atom. The maximum absolute atomic E-state index is 11.8. The summed E-state index contributed by atoms with van der Waals surface area (Å²) >= 11 is 0. The van der Waals surface area contributed by atoms with Crippen LogP contribution in [0.1, 0.15) is 16.7 Å². The molecule has 0 spiro atoms. The van der Waals surface area contributed by atoms with E-state index in [2.05, 4.69) is 0 Å². The van der Waals surface area contributed by atoms with Crippen molar-refractivity contribution in [3.8, 4) is 0 Å². The maximum Gasteiger partial charge on any atom is 0.134 e. The second-order valence-corrected chi connectivity index (χ2v) is 10.0. The van der Waals surface area contributed by atoms with Gasteiger partial charge in [-0.1, -0.05) is 42.5 Å². The second-order valence-electron chi connectivity index (χ2n) is 6.25. The maximum atomic E-state index is 11.8. The van der Waals surface area contributed by atoms with Gasteiger partial charge in [0.15, 0.2) is 0 Å². The van der Waals surface area contributed by atoms with Crippen LogP contribution in [0.15, 0.2) is 87.5 Å². The number of aryl methyl sites for hydroxylation is 1. The summed E-state index contributed by atoms with van der Waals surface area (Å²) in [6, 6.07) is 22.0. The molecule has 3 aromatic rings. The highest BCUT2D eigenvalue weighted by atomic mass is 35.7. The molecule has 0 unspecified atom stereocenters. The Bertz CT molecular complexity index is 885. The van der Waals surface area contributed by atoms with Gasteiger partial charge < -0.3 is 0 Å². The third kappa shape index (κ3) is 3.89. The van der Waals surface area contributed by atoms with Gasteiger partial charge in [-0.3, -0.25) is 0 Å². The van der Waals surface area contributed by atoms with E-state index in [9.17, 15) is 14.0 Å². The molecule has 0 aliphatic rings. The molecule has 0 saturated carbocycles. The van der Waals surface area contributed by atoms with Crippen molar-refractivity contribution in [3.63, 3.8) is 0 Å². The quantitative estimate of drug-likeness (QED) is 0.655. The van der Waals surface area contributed by atoms with Crippen LogP contribution in [0.4, 0.5) is 0 Å². The minimum atomic E-state index is -4.66. The summed E-state index contributed by atoms with van der Waals surface area (Å²) < 4.78 is 41.0. The lowest BCUT2D eigenvalue weighted by atomic mass is 10.1. The molecule has 3 aromatic carbocycles. The molecule has 0 radical (unpaired) electrons. The zero-order valence-corrected chi connectivity index (χ0v) is 16.9. The molecule has 4 nitrogen and oxygen atoms in total. The van der Waals surface area contributed by atoms with Gasteiger partial charge >= 0.3 is 0 Å². The normalized spacial score (nSPS) is 12.8. The Morgan fingerprint density at radius 1 is 0.667 bits per heavy atom. The highest BCUT2D eigenvalue weighted by Crippen LogP contribution is 2.70. The van der Waals surface area contributed by atoms with Crippen LogP contribution < -0.4 is 14.0 Å². The Labute approximate surface area is 163 Å². The molecule has 0 fully saturated rings. The number of rotatable bonds is 5. The molecule has 0 atom stereocenters. The van der Waals surface area contributed by atoms with Gasteiger partial charge in [0.05, 0.1) is 20.6 Å². The number of hydrogen-bond donors (Lipinski definition) is 0. The first-order chi connectivity index (χ1) is 12.8. The van der Waals surface area contributed by atoms with Crippen LogP contribution in [0, 0.1) is 31.0 Å². The number of benzene rings is 3. The van der Waals surface area contributed by atoms with Crippen LogP contribution in [-0.4, -0.2) is 0 Å². The van der Waals surface area contributed by atoms with Crippen LogP contribution in [-0.2, 0) is 3.74 Å². The SMILES string of the molecule is Cc1ccc(S(O[Cl+3]([O-])([O-])[O-])(c2ccccc2)c2ccccc2)c(C)c1C. The van der Waals surface area contributed by atoms with Gasteiger partial charge in [-0.25, -0.2) is 0 Å². The van der Waals surface area contributed by atoms with Gasteiger partial charge in [-0.2, -0.15) is 14.0 Å². The summed E-state index contributed by atoms with van der Waals surface area (Å²) in [7, 11) is -7.44. The first-order valence-electron chi connectivity index (χ1n) is 8.38. The minimum Gasteiger partial charge on any atom is -0.182 e. The van der Waals surface area contributed by atoms with Crippen molar-refractivity contribution in [2.75, 3.05) is 0 Å². The molecule has 6 heteroatoms. The third-order valence-electron chi connectivity index (χ3n) is 4.64. The molecular weight excluding hydrogens is 384 g/mol. The van der Waals surface area contributed by atoms with Gasteiger partial charge in [0, 0.05) is 14.7 Å². The second kappa shape index (κ2) is 7.64. The Balaban J connectivity index is 2.43. The zero-order valence-electron chi connectivity index (χ0n) is 15.3. The molecule has 27 heavy (non-hydrogen) atoms. The summed E-state index contributed by atoms with van der Waals surface area (Å²) in [5, 5.41) is 0. The average Bonchev–Trinajstić information content (AvgIpc) is 2.65. The molecule has 0 saturated heterocycles. The monoisotopic (exact) mass is 404 g/mol. The average molecular weight is 405 g/mol. The van der Waals surface area contributed by atoms with Crippen LogP contribution in [0.3, 0.4) is 0 Å². The van der Waals surface area contributed by atoms with Crippen LogP contribution in [0.2, 0.25) is 0 Å². The summed E-state index contributed by atoms with van der Waals surface area (Å²) in [5.41, 5.74) is 3.05. The Morgan fingerprint density at radius 3 is 1.59 bits per heavy atom. The van der Waals surface area contributed by atoms with Gasteiger partial charge in [0.1, 0.15) is 3.74 Å². The lowest BCUT2D eigenvalue weighted by Crippen LogP contribution is -2.61. The van der Waals surface area contributed by atoms with E-state index in [-0.39, 0.29) is 0 Å². The van der Waals surface area contributed by atoms with Crippen molar-refractivity contribution in [1.29, 1.82) is 0 Å². The lowest BCUT2D eigenvalue weighted by Gasteiger charge is -2.36. The van der Waals surface area contributed by atoms with Crippen molar-refractivity contribution in [1.82, 2.24) is 0 Å². The van der Waals surface area contributed by atoms with Gasteiger partial charge in [0.2, 0.25) is 0 Å². The molecule has 0 N–H and O–H groups in total. The van der Waals surface area contributed by atoms with E-state index in [1.54, 1.807) is 24.3 Å². The topological polar surface area (TPSA) is 78.4 Å². The van der Waals surface area contributed by atoms with Crippen molar-refractivity contribution < 1.29 is 28.0 Å². The van der Waals surface area contributed by atoms with E-state index in [0.29, 0.717) is 14.7 Å². The molecule has 0 aliphatic carbocycles. The van der Waals surface area contributed by atoms with Crippen molar-refractivity contribution in [2.45, 2.75) is 35.5 Å². The Kier molecular flexibility index (Phi) is 5.63. The van der Waals surface area contributed by atoms with E-state index >= 15 is 0 Å².